The molecule has 0 bridgehead atoms. The number of rotatable bonds is 6. The lowest BCUT2D eigenvalue weighted by Gasteiger charge is -2.40. The van der Waals surface area contributed by atoms with E-state index in [2.05, 4.69) is 0 Å². The van der Waals surface area contributed by atoms with E-state index in [9.17, 15) is 18.0 Å². The van der Waals surface area contributed by atoms with E-state index in [-0.39, 0.29) is 29.0 Å². The molecule has 1 saturated carbocycles. The number of hydrogen-bond acceptors (Lipinski definition) is 1. The fraction of sp³-hybridized carbons (Fsp3) is 0.480. The highest BCUT2D eigenvalue weighted by molar-refractivity contribution is 14.1. The highest BCUT2D eigenvalue weighted by atomic mass is 127. The maximum atomic E-state index is 14.6. The molecule has 1 aliphatic heterocycles. The Labute approximate surface area is 195 Å². The van der Waals surface area contributed by atoms with Crippen molar-refractivity contribution >= 4 is 28.5 Å². The Morgan fingerprint density at radius 3 is 2.35 bits per heavy atom. The smallest absolute Gasteiger partial charge is 0.254 e. The van der Waals surface area contributed by atoms with Crippen LogP contribution in [-0.2, 0) is 6.42 Å². The number of benzene rings is 2. The van der Waals surface area contributed by atoms with E-state index >= 15 is 0 Å². The normalized spacial score (nSPS) is 17.6. The molecule has 166 valence electrons. The van der Waals surface area contributed by atoms with Gasteiger partial charge in [0.25, 0.3) is 5.91 Å². The van der Waals surface area contributed by atoms with Crippen molar-refractivity contribution in [1.82, 2.24) is 4.90 Å². The zero-order valence-corrected chi connectivity index (χ0v) is 19.6. The van der Waals surface area contributed by atoms with Gasteiger partial charge in [0.05, 0.1) is 0 Å². The Morgan fingerprint density at radius 2 is 1.65 bits per heavy atom. The summed E-state index contributed by atoms with van der Waals surface area (Å²) in [7, 11) is 0. The van der Waals surface area contributed by atoms with Crippen LogP contribution in [0.25, 0.3) is 0 Å². The summed E-state index contributed by atoms with van der Waals surface area (Å²) in [6.45, 7) is 1.31. The molecule has 0 atom stereocenters. The van der Waals surface area contributed by atoms with Crippen LogP contribution < -0.4 is 0 Å². The fourth-order valence-corrected chi connectivity index (χ4v) is 5.31. The Hall–Kier alpha value is -1.57. The van der Waals surface area contributed by atoms with Gasteiger partial charge in [-0.25, -0.2) is 13.2 Å². The zero-order valence-electron chi connectivity index (χ0n) is 17.5. The Bertz CT molecular complexity index is 952. The molecule has 2 nitrogen and oxygen atoms in total. The molecule has 2 aliphatic rings. The minimum atomic E-state index is -1.07. The molecule has 1 saturated heterocycles. The van der Waals surface area contributed by atoms with Gasteiger partial charge in [-0.2, -0.15) is 0 Å². The molecule has 2 fully saturated rings. The molecule has 1 aliphatic carbocycles. The number of amides is 1. The fourth-order valence-electron chi connectivity index (χ4n) is 4.86. The highest BCUT2D eigenvalue weighted by Gasteiger charge is 2.33. The summed E-state index contributed by atoms with van der Waals surface area (Å²) >= 11 is 1.99. The maximum absolute atomic E-state index is 14.6. The summed E-state index contributed by atoms with van der Waals surface area (Å²) in [5.41, 5.74) is 0.297. The maximum Gasteiger partial charge on any atom is 0.254 e. The number of likely N-dealkylation sites (tertiary alicyclic amines) is 1. The van der Waals surface area contributed by atoms with Gasteiger partial charge in [0, 0.05) is 34.2 Å². The Morgan fingerprint density at radius 1 is 0.935 bits per heavy atom. The van der Waals surface area contributed by atoms with Gasteiger partial charge in [0.1, 0.15) is 5.82 Å². The van der Waals surface area contributed by atoms with Crippen LogP contribution in [0.1, 0.15) is 66.4 Å². The van der Waals surface area contributed by atoms with E-state index < -0.39 is 17.5 Å². The van der Waals surface area contributed by atoms with Gasteiger partial charge in [-0.3, -0.25) is 4.79 Å². The molecule has 31 heavy (non-hydrogen) atoms. The molecule has 0 radical (unpaired) electrons. The summed E-state index contributed by atoms with van der Waals surface area (Å²) in [4.78, 5) is 14.7. The second-order valence-corrected chi connectivity index (χ2v) is 10.2. The van der Waals surface area contributed by atoms with Crippen LogP contribution in [0.2, 0.25) is 0 Å². The molecular weight excluding hydrogens is 514 g/mol. The van der Waals surface area contributed by atoms with Gasteiger partial charge in [-0.15, -0.1) is 0 Å². The van der Waals surface area contributed by atoms with Crippen molar-refractivity contribution in [2.24, 2.45) is 11.8 Å². The zero-order chi connectivity index (χ0) is 22.0. The first-order valence-electron chi connectivity index (χ1n) is 11.1. The largest absolute Gasteiger partial charge is 0.338 e. The van der Waals surface area contributed by atoms with E-state index in [1.165, 1.54) is 50.7 Å². The number of nitrogens with zero attached hydrogens (tertiary/aromatic N) is 1. The highest BCUT2D eigenvalue weighted by Crippen LogP contribution is 2.32. The van der Waals surface area contributed by atoms with Crippen LogP contribution in [0.4, 0.5) is 13.2 Å². The standard InChI is InChI=1S/C25H27F3INO/c26-22-11-10-20(21(24(22)28)12-18-8-9-19(29)13-23(18)27)25(31)30-14-17(15-30)7-6-16-4-2-1-3-5-16/h8-11,13,16-17H,1-7,12,14-15H2. The predicted octanol–water partition coefficient (Wildman–Crippen LogP) is 6.73. The molecule has 6 heteroatoms. The lowest BCUT2D eigenvalue weighted by molar-refractivity contribution is 0.0467. The van der Waals surface area contributed by atoms with Crippen LogP contribution in [0.5, 0.6) is 0 Å². The van der Waals surface area contributed by atoms with E-state index in [4.69, 9.17) is 0 Å². The molecule has 1 amide bonds. The van der Waals surface area contributed by atoms with Crippen molar-refractivity contribution in [3.8, 4) is 0 Å². The van der Waals surface area contributed by atoms with Gasteiger partial charge < -0.3 is 4.90 Å². The van der Waals surface area contributed by atoms with Crippen LogP contribution >= 0.6 is 22.6 Å². The summed E-state index contributed by atoms with van der Waals surface area (Å²) in [5, 5.41) is 0. The molecule has 0 N–H and O–H groups in total. The van der Waals surface area contributed by atoms with Crippen molar-refractivity contribution in [3.05, 3.63) is 68.0 Å². The van der Waals surface area contributed by atoms with Crippen LogP contribution in [-0.4, -0.2) is 23.9 Å². The van der Waals surface area contributed by atoms with Crippen LogP contribution in [0.15, 0.2) is 30.3 Å². The first kappa shape index (κ1) is 22.6. The number of carbonyl (C=O) groups excluding carboxylic acids is 1. The van der Waals surface area contributed by atoms with Gasteiger partial charge in [-0.05, 0) is 70.7 Å². The topological polar surface area (TPSA) is 20.3 Å². The minimum Gasteiger partial charge on any atom is -0.338 e. The van der Waals surface area contributed by atoms with E-state index in [1.54, 1.807) is 17.0 Å². The van der Waals surface area contributed by atoms with E-state index in [0.29, 0.717) is 19.0 Å². The third-order valence-corrected chi connectivity index (χ3v) is 7.43. The summed E-state index contributed by atoms with van der Waals surface area (Å²) in [5.74, 6) is -1.58. The van der Waals surface area contributed by atoms with E-state index in [0.717, 1.165) is 22.0 Å². The Kier molecular flexibility index (Phi) is 7.24. The van der Waals surface area contributed by atoms with Crippen molar-refractivity contribution in [2.45, 2.75) is 51.4 Å². The summed E-state index contributed by atoms with van der Waals surface area (Å²) in [6, 6.07) is 6.93. The first-order valence-corrected chi connectivity index (χ1v) is 12.2. The third kappa shape index (κ3) is 5.26. The molecule has 2 aromatic rings. The van der Waals surface area contributed by atoms with Gasteiger partial charge >= 0.3 is 0 Å². The van der Waals surface area contributed by atoms with Gasteiger partial charge in [0.15, 0.2) is 11.6 Å². The quantitative estimate of drug-likeness (QED) is 0.372. The number of carbonyl (C=O) groups is 1. The SMILES string of the molecule is O=C(c1ccc(F)c(F)c1Cc1ccc(I)cc1F)N1CC(CCC2CCCCC2)C1. The van der Waals surface area contributed by atoms with Crippen molar-refractivity contribution < 1.29 is 18.0 Å². The predicted molar refractivity (Wildman–Crippen MR) is 123 cm³/mol. The van der Waals surface area contributed by atoms with E-state index in [1.807, 2.05) is 22.6 Å². The minimum absolute atomic E-state index is 0.0734. The van der Waals surface area contributed by atoms with Crippen molar-refractivity contribution in [1.29, 1.82) is 0 Å². The second-order valence-electron chi connectivity index (χ2n) is 8.96. The molecule has 1 heterocycles. The van der Waals surface area contributed by atoms with Gasteiger partial charge in [0.2, 0.25) is 0 Å². The van der Waals surface area contributed by atoms with Crippen LogP contribution in [0.3, 0.4) is 0 Å². The molecular formula is C25H27F3INO. The average molecular weight is 541 g/mol. The third-order valence-electron chi connectivity index (χ3n) is 6.76. The molecule has 0 aromatic heterocycles. The molecule has 0 unspecified atom stereocenters. The number of hydrogen-bond donors (Lipinski definition) is 0. The van der Waals surface area contributed by atoms with Crippen LogP contribution in [0, 0.1) is 32.9 Å². The van der Waals surface area contributed by atoms with Gasteiger partial charge in [-0.1, -0.05) is 44.6 Å². The average Bonchev–Trinajstić information content (AvgIpc) is 2.72. The summed E-state index contributed by atoms with van der Waals surface area (Å²) in [6.07, 6.45) is 8.84. The monoisotopic (exact) mass is 541 g/mol. The van der Waals surface area contributed by atoms with Crippen molar-refractivity contribution in [3.63, 3.8) is 0 Å². The number of halogens is 4. The molecule has 0 spiro atoms. The lowest BCUT2D eigenvalue weighted by Crippen LogP contribution is -2.50. The van der Waals surface area contributed by atoms with Crippen molar-refractivity contribution in [2.75, 3.05) is 13.1 Å². The second kappa shape index (κ2) is 9.92. The molecule has 2 aromatic carbocycles. The molecule has 4 rings (SSSR count). The lowest BCUT2D eigenvalue weighted by atomic mass is 9.82. The first-order chi connectivity index (χ1) is 14.9. The summed E-state index contributed by atoms with van der Waals surface area (Å²) < 4.78 is 43.6. The Balaban J connectivity index is 1.43.